The minimum Gasteiger partial charge on any atom is -0.413 e. The molecule has 0 amide bonds. The minimum atomic E-state index is -1.74. The summed E-state index contributed by atoms with van der Waals surface area (Å²) in [6.07, 6.45) is 3.48. The van der Waals surface area contributed by atoms with Gasteiger partial charge in [-0.25, -0.2) is 0 Å². The van der Waals surface area contributed by atoms with Crippen LogP contribution in [0.1, 0.15) is 58.7 Å². The molecular weight excluding hydrogens is 474 g/mol. The van der Waals surface area contributed by atoms with Crippen molar-refractivity contribution in [1.82, 2.24) is 4.98 Å². The van der Waals surface area contributed by atoms with Crippen molar-refractivity contribution in [3.05, 3.63) is 64.3 Å². The monoisotopic (exact) mass is 511 g/mol. The number of fused-ring (bicyclic) bond motifs is 1. The van der Waals surface area contributed by atoms with Gasteiger partial charge in [0.15, 0.2) is 8.32 Å². The number of pyridine rings is 1. The van der Waals surface area contributed by atoms with Crippen LogP contribution in [0.2, 0.25) is 18.1 Å². The molecule has 0 unspecified atom stereocenters. The maximum absolute atomic E-state index is 6.38. The van der Waals surface area contributed by atoms with Crippen LogP contribution in [-0.2, 0) is 17.5 Å². The van der Waals surface area contributed by atoms with Crippen molar-refractivity contribution in [3.8, 4) is 11.1 Å². The van der Waals surface area contributed by atoms with Crippen LogP contribution in [0.25, 0.3) is 22.0 Å². The quantitative estimate of drug-likeness (QED) is 0.281. The Kier molecular flexibility index (Phi) is 8.00. The van der Waals surface area contributed by atoms with Crippen LogP contribution in [0.4, 0.5) is 0 Å². The molecule has 32 heavy (non-hydrogen) atoms. The summed E-state index contributed by atoms with van der Waals surface area (Å²) in [5, 5.41) is 1.40. The van der Waals surface area contributed by atoms with Gasteiger partial charge in [0.2, 0.25) is 0 Å². The predicted octanol–water partition coefficient (Wildman–Crippen LogP) is 9.16. The summed E-state index contributed by atoms with van der Waals surface area (Å²) < 4.78 is 7.43. The Hall–Kier alpha value is -1.49. The molecule has 3 aromatic rings. The Balaban J connectivity index is 1.75. The van der Waals surface area contributed by atoms with Crippen molar-refractivity contribution in [3.63, 3.8) is 0 Å². The molecule has 1 heterocycles. The van der Waals surface area contributed by atoms with Crippen molar-refractivity contribution in [2.24, 2.45) is 5.92 Å². The summed E-state index contributed by atoms with van der Waals surface area (Å²) in [5.41, 5.74) is 5.87. The largest absolute Gasteiger partial charge is 0.413 e. The zero-order valence-corrected chi connectivity index (χ0v) is 23.3. The predicted molar refractivity (Wildman–Crippen MR) is 145 cm³/mol. The first-order valence-electron chi connectivity index (χ1n) is 11.8. The molecule has 0 fully saturated rings. The SMILES string of the molecule is CC(C)CCCc1ccc2cc(-c3ccc(CO[Si](C)(C)C(C)(C)C)cc3)cc(Br)c2n1. The van der Waals surface area contributed by atoms with E-state index in [-0.39, 0.29) is 5.04 Å². The van der Waals surface area contributed by atoms with Gasteiger partial charge in [0.1, 0.15) is 0 Å². The average molecular weight is 513 g/mol. The highest BCUT2D eigenvalue weighted by molar-refractivity contribution is 9.10. The first kappa shape index (κ1) is 25.1. The van der Waals surface area contributed by atoms with Crippen molar-refractivity contribution >= 4 is 35.2 Å². The first-order chi connectivity index (χ1) is 15.0. The molecule has 0 aliphatic heterocycles. The fraction of sp³-hybridized carbons (Fsp3) is 0.464. The second kappa shape index (κ2) is 10.2. The van der Waals surface area contributed by atoms with Gasteiger partial charge in [-0.3, -0.25) is 4.98 Å². The van der Waals surface area contributed by atoms with E-state index < -0.39 is 8.32 Å². The Labute approximate surface area is 204 Å². The Morgan fingerprint density at radius 3 is 2.28 bits per heavy atom. The third-order valence-electron chi connectivity index (χ3n) is 6.71. The summed E-state index contributed by atoms with van der Waals surface area (Å²) in [4.78, 5) is 4.93. The third-order valence-corrected chi connectivity index (χ3v) is 11.8. The molecule has 4 heteroatoms. The maximum Gasteiger partial charge on any atom is 0.192 e. The Morgan fingerprint density at radius 2 is 1.66 bits per heavy atom. The van der Waals surface area contributed by atoms with Gasteiger partial charge in [0.25, 0.3) is 0 Å². The topological polar surface area (TPSA) is 22.1 Å². The van der Waals surface area contributed by atoms with Gasteiger partial charge in [-0.05, 0) is 87.7 Å². The molecular formula is C28H38BrNOSi. The Morgan fingerprint density at radius 1 is 0.969 bits per heavy atom. The van der Waals surface area contributed by atoms with Gasteiger partial charge in [-0.1, -0.05) is 71.4 Å². The summed E-state index contributed by atoms with van der Waals surface area (Å²) in [6.45, 7) is 16.7. The highest BCUT2D eigenvalue weighted by Crippen LogP contribution is 2.37. The van der Waals surface area contributed by atoms with Gasteiger partial charge >= 0.3 is 0 Å². The summed E-state index contributed by atoms with van der Waals surface area (Å²) in [7, 11) is -1.74. The molecule has 0 saturated carbocycles. The van der Waals surface area contributed by atoms with E-state index in [2.05, 4.69) is 112 Å². The number of halogens is 1. The van der Waals surface area contributed by atoms with Crippen LogP contribution >= 0.6 is 15.9 Å². The van der Waals surface area contributed by atoms with Crippen molar-refractivity contribution in [1.29, 1.82) is 0 Å². The van der Waals surface area contributed by atoms with Crippen molar-refractivity contribution < 1.29 is 4.43 Å². The molecule has 0 bridgehead atoms. The molecule has 0 aliphatic rings. The van der Waals surface area contributed by atoms with E-state index in [1.807, 2.05) is 0 Å². The lowest BCUT2D eigenvalue weighted by Crippen LogP contribution is -2.40. The first-order valence-corrected chi connectivity index (χ1v) is 15.5. The Bertz CT molecular complexity index is 1050. The number of benzene rings is 2. The fourth-order valence-electron chi connectivity index (χ4n) is 3.50. The standard InChI is InChI=1S/C28H38BrNOSi/c1-20(2)9-8-10-25-16-15-23-17-24(18-26(29)27(23)30-25)22-13-11-21(12-14-22)19-31-32(6,7)28(3,4)5/h11-18,20H,8-10,19H2,1-7H3. The summed E-state index contributed by atoms with van der Waals surface area (Å²) in [6, 6.07) is 17.6. The highest BCUT2D eigenvalue weighted by Gasteiger charge is 2.36. The lowest BCUT2D eigenvalue weighted by Gasteiger charge is -2.36. The number of nitrogens with zero attached hydrogens (tertiary/aromatic N) is 1. The molecule has 2 nitrogen and oxygen atoms in total. The van der Waals surface area contributed by atoms with Crippen LogP contribution in [0, 0.1) is 5.92 Å². The van der Waals surface area contributed by atoms with E-state index >= 15 is 0 Å². The van der Waals surface area contributed by atoms with Gasteiger partial charge < -0.3 is 4.43 Å². The minimum absolute atomic E-state index is 0.229. The van der Waals surface area contributed by atoms with E-state index in [1.165, 1.54) is 40.6 Å². The van der Waals surface area contributed by atoms with Crippen LogP contribution in [0.15, 0.2) is 53.0 Å². The summed E-state index contributed by atoms with van der Waals surface area (Å²) >= 11 is 3.77. The molecule has 1 aromatic heterocycles. The molecule has 0 atom stereocenters. The molecule has 172 valence electrons. The maximum atomic E-state index is 6.38. The number of hydrogen-bond acceptors (Lipinski definition) is 2. The van der Waals surface area contributed by atoms with E-state index in [4.69, 9.17) is 9.41 Å². The lowest BCUT2D eigenvalue weighted by molar-refractivity contribution is 0.276. The van der Waals surface area contributed by atoms with E-state index in [0.717, 1.165) is 22.3 Å². The van der Waals surface area contributed by atoms with Crippen molar-refractivity contribution in [2.45, 2.75) is 78.6 Å². The van der Waals surface area contributed by atoms with Gasteiger partial charge in [-0.2, -0.15) is 0 Å². The number of aryl methyl sites for hydroxylation is 1. The van der Waals surface area contributed by atoms with Crippen LogP contribution in [0.5, 0.6) is 0 Å². The normalized spacial score (nSPS) is 12.7. The number of aromatic nitrogens is 1. The highest BCUT2D eigenvalue weighted by atomic mass is 79.9. The van der Waals surface area contributed by atoms with Gasteiger partial charge in [0, 0.05) is 15.6 Å². The second-order valence-corrected chi connectivity index (χ2v) is 16.5. The second-order valence-electron chi connectivity index (χ2n) is 10.9. The third kappa shape index (κ3) is 6.30. The molecule has 2 aromatic carbocycles. The molecule has 0 N–H and O–H groups in total. The van der Waals surface area contributed by atoms with Gasteiger partial charge in [0.05, 0.1) is 12.1 Å². The number of rotatable bonds is 8. The molecule has 0 saturated heterocycles. The molecule has 3 rings (SSSR count). The molecule has 0 spiro atoms. The summed E-state index contributed by atoms with van der Waals surface area (Å²) in [5.74, 6) is 0.745. The lowest BCUT2D eigenvalue weighted by atomic mass is 10.0. The van der Waals surface area contributed by atoms with Crippen LogP contribution in [-0.4, -0.2) is 13.3 Å². The van der Waals surface area contributed by atoms with E-state index in [1.54, 1.807) is 0 Å². The van der Waals surface area contributed by atoms with Crippen LogP contribution < -0.4 is 0 Å². The van der Waals surface area contributed by atoms with Gasteiger partial charge in [-0.15, -0.1) is 0 Å². The smallest absolute Gasteiger partial charge is 0.192 e. The number of hydrogen-bond donors (Lipinski definition) is 0. The molecule has 0 aliphatic carbocycles. The zero-order chi connectivity index (χ0) is 23.5. The van der Waals surface area contributed by atoms with E-state index in [9.17, 15) is 0 Å². The fourth-order valence-corrected chi connectivity index (χ4v) is 5.03. The molecule has 0 radical (unpaired) electrons. The van der Waals surface area contributed by atoms with Crippen molar-refractivity contribution in [2.75, 3.05) is 0 Å². The average Bonchev–Trinajstić information content (AvgIpc) is 2.72. The van der Waals surface area contributed by atoms with E-state index in [0.29, 0.717) is 6.61 Å². The van der Waals surface area contributed by atoms with Crippen LogP contribution in [0.3, 0.4) is 0 Å². The zero-order valence-electron chi connectivity index (χ0n) is 20.8.